The number of carboxylic acid groups (broad SMARTS) is 1. The number of aromatic carboxylic acids is 1. The molecule has 1 saturated heterocycles. The SMILES string of the molecule is Nc1c(F)c(N2C[C@@H]3CCCC[C@H](N)[C@@H]3C2)c(F)c2c1c(=O)c(C(=O)O)cn2C1CC1. The van der Waals surface area contributed by atoms with E-state index < -0.39 is 39.7 Å². The summed E-state index contributed by atoms with van der Waals surface area (Å²) in [5.41, 5.74) is 10.0. The highest BCUT2D eigenvalue weighted by atomic mass is 19.1. The third-order valence-electron chi connectivity index (χ3n) is 7.26. The molecule has 2 aliphatic carbocycles. The van der Waals surface area contributed by atoms with Crippen LogP contribution in [-0.4, -0.2) is 34.8 Å². The molecular weight excluding hydrogens is 406 g/mol. The zero-order valence-electron chi connectivity index (χ0n) is 17.1. The van der Waals surface area contributed by atoms with Crippen molar-refractivity contribution in [3.05, 3.63) is 33.6 Å². The van der Waals surface area contributed by atoms with Crippen molar-refractivity contribution < 1.29 is 18.7 Å². The summed E-state index contributed by atoms with van der Waals surface area (Å²) >= 11 is 0. The number of pyridine rings is 1. The number of benzene rings is 1. The summed E-state index contributed by atoms with van der Waals surface area (Å²) in [7, 11) is 0. The first-order valence-corrected chi connectivity index (χ1v) is 10.9. The molecule has 1 aromatic heterocycles. The fraction of sp³-hybridized carbons (Fsp3) is 0.545. The summed E-state index contributed by atoms with van der Waals surface area (Å²) in [6.07, 6.45) is 6.61. The van der Waals surface area contributed by atoms with Gasteiger partial charge in [0.25, 0.3) is 0 Å². The number of carboxylic acids is 1. The van der Waals surface area contributed by atoms with Crippen molar-refractivity contribution in [2.45, 2.75) is 50.6 Å². The van der Waals surface area contributed by atoms with Crippen molar-refractivity contribution in [2.24, 2.45) is 17.6 Å². The highest BCUT2D eigenvalue weighted by Crippen LogP contribution is 2.44. The van der Waals surface area contributed by atoms with Crippen LogP contribution in [0.5, 0.6) is 0 Å². The van der Waals surface area contributed by atoms with E-state index in [0.717, 1.165) is 38.5 Å². The lowest BCUT2D eigenvalue weighted by molar-refractivity contribution is 0.0695. The lowest BCUT2D eigenvalue weighted by Crippen LogP contribution is -2.34. The highest BCUT2D eigenvalue weighted by Gasteiger charge is 2.41. The van der Waals surface area contributed by atoms with E-state index in [9.17, 15) is 14.7 Å². The maximum Gasteiger partial charge on any atom is 0.341 e. The summed E-state index contributed by atoms with van der Waals surface area (Å²) < 4.78 is 32.8. The zero-order chi connectivity index (χ0) is 22.0. The van der Waals surface area contributed by atoms with Crippen molar-refractivity contribution in [1.82, 2.24) is 4.57 Å². The molecule has 31 heavy (non-hydrogen) atoms. The Balaban J connectivity index is 1.71. The van der Waals surface area contributed by atoms with Gasteiger partial charge in [0.15, 0.2) is 11.6 Å². The Kier molecular flexibility index (Phi) is 4.69. The number of aromatic nitrogens is 1. The van der Waals surface area contributed by atoms with Crippen LogP contribution in [0.15, 0.2) is 11.0 Å². The minimum absolute atomic E-state index is 0.0100. The van der Waals surface area contributed by atoms with Gasteiger partial charge in [-0.15, -0.1) is 0 Å². The molecule has 3 aliphatic rings. The molecule has 5 N–H and O–H groups in total. The van der Waals surface area contributed by atoms with E-state index in [0.29, 0.717) is 13.1 Å². The Morgan fingerprint density at radius 2 is 1.81 bits per heavy atom. The number of halogens is 2. The Hall–Kier alpha value is -2.68. The number of carbonyl (C=O) groups is 1. The third-order valence-corrected chi connectivity index (χ3v) is 7.26. The maximum absolute atomic E-state index is 15.9. The first-order chi connectivity index (χ1) is 14.8. The molecule has 0 amide bonds. The Bertz CT molecular complexity index is 1140. The minimum atomic E-state index is -1.45. The Morgan fingerprint density at radius 3 is 2.48 bits per heavy atom. The van der Waals surface area contributed by atoms with Gasteiger partial charge in [-0.1, -0.05) is 12.8 Å². The number of hydrogen-bond acceptors (Lipinski definition) is 5. The lowest BCUT2D eigenvalue weighted by Gasteiger charge is -2.24. The number of rotatable bonds is 3. The average Bonchev–Trinajstić information content (AvgIpc) is 3.51. The Morgan fingerprint density at radius 1 is 1.10 bits per heavy atom. The number of nitrogens with two attached hydrogens (primary N) is 2. The predicted molar refractivity (Wildman–Crippen MR) is 113 cm³/mol. The van der Waals surface area contributed by atoms with Gasteiger partial charge >= 0.3 is 5.97 Å². The highest BCUT2D eigenvalue weighted by molar-refractivity contribution is 5.99. The van der Waals surface area contributed by atoms with Gasteiger partial charge in [-0.3, -0.25) is 4.79 Å². The molecule has 3 atom stereocenters. The smallest absolute Gasteiger partial charge is 0.341 e. The fourth-order valence-electron chi connectivity index (χ4n) is 5.49. The second kappa shape index (κ2) is 7.19. The van der Waals surface area contributed by atoms with Crippen molar-refractivity contribution in [3.8, 4) is 0 Å². The van der Waals surface area contributed by atoms with Crippen LogP contribution >= 0.6 is 0 Å². The minimum Gasteiger partial charge on any atom is -0.477 e. The van der Waals surface area contributed by atoms with Gasteiger partial charge in [-0.05, 0) is 37.5 Å². The van der Waals surface area contributed by atoms with Crippen LogP contribution in [0.25, 0.3) is 10.9 Å². The molecule has 9 heteroatoms. The fourth-order valence-corrected chi connectivity index (χ4v) is 5.49. The van der Waals surface area contributed by atoms with E-state index in [2.05, 4.69) is 0 Å². The maximum atomic E-state index is 15.9. The number of nitrogen functional groups attached to an aromatic ring is 1. The number of nitrogens with zero attached hydrogens (tertiary/aromatic N) is 2. The topological polar surface area (TPSA) is 115 Å². The van der Waals surface area contributed by atoms with Gasteiger partial charge in [0.1, 0.15) is 11.3 Å². The van der Waals surface area contributed by atoms with E-state index >= 15 is 8.78 Å². The van der Waals surface area contributed by atoms with E-state index in [1.54, 1.807) is 4.90 Å². The zero-order valence-corrected chi connectivity index (χ0v) is 17.1. The standard InChI is InChI=1S/C22H26F2N4O3/c23-16-18(26)15-19(28(11-5-6-11)9-13(21(15)29)22(30)31)17(24)20(16)27-7-10-3-1-2-4-14(25)12(10)8-27/h9-12,14H,1-8,25-26H2,(H,30,31)/t10-,12+,14-/m0/s1. The van der Waals surface area contributed by atoms with Crippen molar-refractivity contribution >= 4 is 28.2 Å². The van der Waals surface area contributed by atoms with Gasteiger partial charge < -0.3 is 26.0 Å². The number of anilines is 2. The van der Waals surface area contributed by atoms with Crippen LogP contribution < -0.4 is 21.8 Å². The number of hydrogen-bond donors (Lipinski definition) is 3. The first kappa shape index (κ1) is 20.2. The average molecular weight is 432 g/mol. The molecule has 0 bridgehead atoms. The van der Waals surface area contributed by atoms with E-state index in [1.807, 2.05) is 0 Å². The van der Waals surface area contributed by atoms with Crippen molar-refractivity contribution in [2.75, 3.05) is 23.7 Å². The first-order valence-electron chi connectivity index (χ1n) is 10.9. The quantitative estimate of drug-likeness (QED) is 0.643. The monoisotopic (exact) mass is 432 g/mol. The van der Waals surface area contributed by atoms with Gasteiger partial charge in [-0.25, -0.2) is 13.6 Å². The van der Waals surface area contributed by atoms with Crippen LogP contribution in [-0.2, 0) is 0 Å². The molecular formula is C22H26F2N4O3. The molecule has 0 unspecified atom stereocenters. The molecule has 0 spiro atoms. The van der Waals surface area contributed by atoms with Gasteiger partial charge in [-0.2, -0.15) is 0 Å². The lowest BCUT2D eigenvalue weighted by atomic mass is 9.88. The van der Waals surface area contributed by atoms with Crippen molar-refractivity contribution in [3.63, 3.8) is 0 Å². The van der Waals surface area contributed by atoms with Crippen LogP contribution in [0.2, 0.25) is 0 Å². The van der Waals surface area contributed by atoms with Gasteiger partial charge in [0.2, 0.25) is 5.43 Å². The normalized spacial score (nSPS) is 26.2. The summed E-state index contributed by atoms with van der Waals surface area (Å²) in [5, 5.41) is 9.02. The molecule has 5 rings (SSSR count). The molecule has 2 heterocycles. The molecule has 2 saturated carbocycles. The van der Waals surface area contributed by atoms with E-state index in [-0.39, 0.29) is 35.1 Å². The second-order valence-corrected chi connectivity index (χ2v) is 9.21. The molecule has 1 aromatic carbocycles. The van der Waals surface area contributed by atoms with Gasteiger partial charge in [0, 0.05) is 31.4 Å². The summed E-state index contributed by atoms with van der Waals surface area (Å²) in [6.45, 7) is 0.920. The largest absolute Gasteiger partial charge is 0.477 e. The molecule has 2 aromatic rings. The predicted octanol–water partition coefficient (Wildman–Crippen LogP) is 2.85. The molecule has 166 valence electrons. The van der Waals surface area contributed by atoms with Gasteiger partial charge in [0.05, 0.1) is 16.6 Å². The number of fused-ring (bicyclic) bond motifs is 2. The van der Waals surface area contributed by atoms with E-state index in [4.69, 9.17) is 11.5 Å². The second-order valence-electron chi connectivity index (χ2n) is 9.21. The van der Waals surface area contributed by atoms with Crippen LogP contribution in [0.3, 0.4) is 0 Å². The molecule has 7 nitrogen and oxygen atoms in total. The molecule has 3 fully saturated rings. The van der Waals surface area contributed by atoms with Crippen molar-refractivity contribution in [1.29, 1.82) is 0 Å². The van der Waals surface area contributed by atoms with Crippen LogP contribution in [0.4, 0.5) is 20.2 Å². The summed E-state index contributed by atoms with van der Waals surface area (Å²) in [4.78, 5) is 26.0. The van der Waals surface area contributed by atoms with Crippen LogP contribution in [0.1, 0.15) is 54.9 Å². The van der Waals surface area contributed by atoms with Crippen LogP contribution in [0, 0.1) is 23.5 Å². The van der Waals surface area contributed by atoms with E-state index in [1.165, 1.54) is 10.8 Å². The molecule has 1 aliphatic heterocycles. The summed E-state index contributed by atoms with van der Waals surface area (Å²) in [5.74, 6) is -2.89. The summed E-state index contributed by atoms with van der Waals surface area (Å²) in [6, 6.07) is -0.143. The molecule has 0 radical (unpaired) electrons. The Labute approximate surface area is 177 Å². The third kappa shape index (κ3) is 3.09.